The number of hydrogen-bond acceptors (Lipinski definition) is 3. The Morgan fingerprint density at radius 2 is 1.67 bits per heavy atom. The van der Waals surface area contributed by atoms with Gasteiger partial charge in [0.1, 0.15) is 0 Å². The molecule has 1 aromatic carbocycles. The van der Waals surface area contributed by atoms with Crippen molar-refractivity contribution in [3.63, 3.8) is 0 Å². The minimum atomic E-state index is -0.744. The first kappa shape index (κ1) is 19.7. The molecule has 3 fully saturated rings. The highest BCUT2D eigenvalue weighted by Crippen LogP contribution is 2.48. The number of amides is 3. The number of fused-ring (bicyclic) bond motifs is 4. The Morgan fingerprint density at radius 3 is 2.27 bits per heavy atom. The highest BCUT2D eigenvalue weighted by molar-refractivity contribution is 5.95. The minimum absolute atomic E-state index is 0.0412. The lowest BCUT2D eigenvalue weighted by atomic mass is 9.73. The smallest absolute Gasteiger partial charge is 0.407 e. The molecule has 4 aliphatic rings. The van der Waals surface area contributed by atoms with Crippen LogP contribution < -0.4 is 4.90 Å². The van der Waals surface area contributed by atoms with Gasteiger partial charge in [-0.25, -0.2) is 9.59 Å². The lowest BCUT2D eigenvalue weighted by Gasteiger charge is -2.47. The number of benzene rings is 1. The van der Waals surface area contributed by atoms with Crippen LogP contribution in [0.15, 0.2) is 24.3 Å². The van der Waals surface area contributed by atoms with Crippen molar-refractivity contribution in [1.29, 1.82) is 0 Å². The van der Waals surface area contributed by atoms with E-state index in [0.717, 1.165) is 63.8 Å². The molecule has 1 aromatic rings. The molecule has 30 heavy (non-hydrogen) atoms. The van der Waals surface area contributed by atoms with Crippen molar-refractivity contribution < 1.29 is 14.7 Å². The van der Waals surface area contributed by atoms with Gasteiger partial charge in [-0.05, 0) is 63.2 Å². The van der Waals surface area contributed by atoms with Crippen LogP contribution in [0, 0.1) is 0 Å². The largest absolute Gasteiger partial charge is 0.465 e. The molecule has 4 heterocycles. The third kappa shape index (κ3) is 2.97. The van der Waals surface area contributed by atoms with Crippen LogP contribution in [0.1, 0.15) is 44.1 Å². The van der Waals surface area contributed by atoms with E-state index in [0.29, 0.717) is 6.04 Å². The van der Waals surface area contributed by atoms with Crippen LogP contribution in [-0.4, -0.2) is 83.8 Å². The van der Waals surface area contributed by atoms with Crippen molar-refractivity contribution in [3.8, 4) is 0 Å². The first-order valence-corrected chi connectivity index (χ1v) is 11.2. The number of carbonyl (C=O) groups is 2. The molecule has 0 radical (unpaired) electrons. The summed E-state index contributed by atoms with van der Waals surface area (Å²) in [5.41, 5.74) is 2.43. The van der Waals surface area contributed by atoms with Crippen molar-refractivity contribution in [1.82, 2.24) is 14.7 Å². The zero-order valence-corrected chi connectivity index (χ0v) is 18.0. The molecule has 4 aliphatic heterocycles. The van der Waals surface area contributed by atoms with Gasteiger partial charge < -0.3 is 19.8 Å². The lowest BCUT2D eigenvalue weighted by molar-refractivity contribution is 0.0387. The average Bonchev–Trinajstić information content (AvgIpc) is 3.20. The first-order valence-electron chi connectivity index (χ1n) is 11.2. The third-order valence-corrected chi connectivity index (χ3v) is 8.04. The molecule has 2 atom stereocenters. The molecule has 3 saturated heterocycles. The number of likely N-dealkylation sites (tertiary alicyclic amines) is 1. The van der Waals surface area contributed by atoms with Crippen LogP contribution >= 0.6 is 0 Å². The number of rotatable bonds is 1. The molecular weight excluding hydrogens is 380 g/mol. The number of carboxylic acid groups (broad SMARTS) is 1. The van der Waals surface area contributed by atoms with Crippen LogP contribution in [0.2, 0.25) is 0 Å². The molecule has 0 aliphatic carbocycles. The van der Waals surface area contributed by atoms with E-state index >= 15 is 0 Å². The van der Waals surface area contributed by atoms with Gasteiger partial charge >= 0.3 is 12.1 Å². The number of urea groups is 1. The van der Waals surface area contributed by atoms with Gasteiger partial charge in [-0.3, -0.25) is 4.90 Å². The van der Waals surface area contributed by atoms with Crippen molar-refractivity contribution in [2.45, 2.75) is 62.1 Å². The van der Waals surface area contributed by atoms with E-state index in [-0.39, 0.29) is 23.5 Å². The number of para-hydroxylation sites is 1. The molecule has 2 unspecified atom stereocenters. The van der Waals surface area contributed by atoms with Gasteiger partial charge in [-0.2, -0.15) is 0 Å². The van der Waals surface area contributed by atoms with Gasteiger partial charge in [0.15, 0.2) is 0 Å². The van der Waals surface area contributed by atoms with Crippen LogP contribution in [-0.2, 0) is 5.41 Å². The number of nitrogens with zero attached hydrogens (tertiary/aromatic N) is 4. The molecule has 1 N–H and O–H groups in total. The Balaban J connectivity index is 1.30. The van der Waals surface area contributed by atoms with Crippen molar-refractivity contribution in [3.05, 3.63) is 29.8 Å². The molecule has 7 nitrogen and oxygen atoms in total. The van der Waals surface area contributed by atoms with Crippen molar-refractivity contribution in [2.24, 2.45) is 0 Å². The van der Waals surface area contributed by atoms with E-state index in [4.69, 9.17) is 0 Å². The van der Waals surface area contributed by atoms with E-state index < -0.39 is 6.09 Å². The van der Waals surface area contributed by atoms with Crippen molar-refractivity contribution >= 4 is 17.8 Å². The standard InChI is InChI=1S/C23H32N4O3/c1-24(2)21(28)26-15-23(19-5-3-4-6-20(19)26)9-11-25(12-10-23)18-13-16-7-8-17(14-18)27(16)22(29)30/h3-6,16-18H,7-15H2,1-2H3,(H,29,30). The second-order valence-electron chi connectivity index (χ2n) is 9.80. The predicted octanol–water partition coefficient (Wildman–Crippen LogP) is 3.20. The second kappa shape index (κ2) is 7.15. The molecular formula is C23H32N4O3. The Bertz CT molecular complexity index is 835. The number of carbonyl (C=O) groups excluding carboxylic acids is 1. The summed E-state index contributed by atoms with van der Waals surface area (Å²) in [6, 6.07) is 9.35. The number of hydrogen-bond donors (Lipinski definition) is 1. The summed E-state index contributed by atoms with van der Waals surface area (Å²) in [5, 5.41) is 9.53. The predicted molar refractivity (Wildman–Crippen MR) is 115 cm³/mol. The minimum Gasteiger partial charge on any atom is -0.465 e. The van der Waals surface area contributed by atoms with Gasteiger partial charge in [0.2, 0.25) is 0 Å². The first-order chi connectivity index (χ1) is 14.4. The summed E-state index contributed by atoms with van der Waals surface area (Å²) in [7, 11) is 3.63. The summed E-state index contributed by atoms with van der Waals surface area (Å²) in [6.07, 6.45) is 5.33. The summed E-state index contributed by atoms with van der Waals surface area (Å²) in [5.74, 6) is 0. The Kier molecular flexibility index (Phi) is 4.69. The zero-order valence-electron chi connectivity index (χ0n) is 18.0. The molecule has 1 spiro atoms. The van der Waals surface area contributed by atoms with Crippen LogP contribution in [0.4, 0.5) is 15.3 Å². The van der Waals surface area contributed by atoms with E-state index in [9.17, 15) is 14.7 Å². The highest BCUT2D eigenvalue weighted by Gasteiger charge is 2.49. The third-order valence-electron chi connectivity index (χ3n) is 8.04. The Hall–Kier alpha value is -2.28. The fourth-order valence-electron chi connectivity index (χ4n) is 6.55. The fraction of sp³-hybridized carbons (Fsp3) is 0.652. The van der Waals surface area contributed by atoms with Crippen LogP contribution in [0.25, 0.3) is 0 Å². The molecule has 5 rings (SSSR count). The summed E-state index contributed by atoms with van der Waals surface area (Å²) < 4.78 is 0. The molecule has 0 aromatic heterocycles. The maximum atomic E-state index is 12.8. The van der Waals surface area contributed by atoms with Gasteiger partial charge in [0.25, 0.3) is 0 Å². The van der Waals surface area contributed by atoms with Gasteiger partial charge in [0.05, 0.1) is 0 Å². The van der Waals surface area contributed by atoms with Crippen LogP contribution in [0.5, 0.6) is 0 Å². The van der Waals surface area contributed by atoms with Gasteiger partial charge in [0, 0.05) is 49.9 Å². The quantitative estimate of drug-likeness (QED) is 0.769. The Labute approximate surface area is 178 Å². The fourth-order valence-corrected chi connectivity index (χ4v) is 6.55. The maximum absolute atomic E-state index is 12.8. The van der Waals surface area contributed by atoms with Gasteiger partial charge in [-0.15, -0.1) is 0 Å². The summed E-state index contributed by atoms with van der Waals surface area (Å²) in [4.78, 5) is 32.3. The average molecular weight is 413 g/mol. The number of anilines is 1. The summed E-state index contributed by atoms with van der Waals surface area (Å²) >= 11 is 0. The highest BCUT2D eigenvalue weighted by atomic mass is 16.4. The number of piperidine rings is 2. The topological polar surface area (TPSA) is 67.3 Å². The molecule has 0 saturated carbocycles. The van der Waals surface area contributed by atoms with Crippen molar-refractivity contribution in [2.75, 3.05) is 38.6 Å². The molecule has 7 heteroatoms. The van der Waals surface area contributed by atoms with E-state index in [2.05, 4.69) is 23.1 Å². The molecule has 2 bridgehead atoms. The molecule has 3 amide bonds. The van der Waals surface area contributed by atoms with E-state index in [1.807, 2.05) is 25.1 Å². The lowest BCUT2D eigenvalue weighted by Crippen LogP contribution is -2.55. The normalized spacial score (nSPS) is 29.9. The second-order valence-corrected chi connectivity index (χ2v) is 9.80. The molecule has 162 valence electrons. The zero-order chi connectivity index (χ0) is 21.0. The maximum Gasteiger partial charge on any atom is 0.407 e. The van der Waals surface area contributed by atoms with E-state index in [1.165, 1.54) is 5.56 Å². The SMILES string of the molecule is CN(C)C(=O)N1CC2(CCN(C3CC4CCC(C3)N4C(=O)O)CC2)c2ccccc21. The Morgan fingerprint density at radius 1 is 1.03 bits per heavy atom. The summed E-state index contributed by atoms with van der Waals surface area (Å²) in [6.45, 7) is 2.81. The van der Waals surface area contributed by atoms with Gasteiger partial charge in [-0.1, -0.05) is 18.2 Å². The van der Waals surface area contributed by atoms with E-state index in [1.54, 1.807) is 9.80 Å². The van der Waals surface area contributed by atoms with Crippen LogP contribution in [0.3, 0.4) is 0 Å². The monoisotopic (exact) mass is 412 g/mol.